The fourth-order valence-electron chi connectivity index (χ4n) is 1.53. The third kappa shape index (κ3) is 3.25. The Bertz CT molecular complexity index is 534. The van der Waals surface area contributed by atoms with Crippen LogP contribution in [-0.4, -0.2) is 27.4 Å². The van der Waals surface area contributed by atoms with E-state index in [0.717, 1.165) is 0 Å². The van der Waals surface area contributed by atoms with Crippen LogP contribution in [0.5, 0.6) is 0 Å². The maximum Gasteiger partial charge on any atom is 1.00 e. The minimum absolute atomic E-state index is 0. The second kappa shape index (κ2) is 6.23. The minimum Gasteiger partial charge on any atom is -0.393 e. The molecule has 0 aromatic carbocycles. The quantitative estimate of drug-likeness (QED) is 0.425. The number of aliphatic hydroxyl groups excluding tert-OH is 1. The zero-order valence-electron chi connectivity index (χ0n) is 9.71. The summed E-state index contributed by atoms with van der Waals surface area (Å²) >= 11 is 0. The third-order valence-electron chi connectivity index (χ3n) is 2.40. The van der Waals surface area contributed by atoms with Gasteiger partial charge in [-0.1, -0.05) is 6.08 Å². The predicted molar refractivity (Wildman–Crippen MR) is 56.2 cm³/mol. The Kier molecular flexibility index (Phi) is 5.51. The number of aromatic amines is 1. The second-order valence-electron chi connectivity index (χ2n) is 3.61. The van der Waals surface area contributed by atoms with Crippen LogP contribution in [0.15, 0.2) is 27.9 Å². The molecule has 0 saturated carbocycles. The van der Waals surface area contributed by atoms with Crippen molar-refractivity contribution < 1.29 is 61.2 Å². The number of aryl methyl sites for hydroxylation is 1. The molecular weight excluding hydrogens is 251 g/mol. The van der Waals surface area contributed by atoms with Crippen LogP contribution in [0.2, 0.25) is 0 Å². The molecule has 1 aromatic heterocycles. The Hall–Kier alpha value is -0.0236. The Morgan fingerprint density at radius 1 is 1.47 bits per heavy atom. The van der Waals surface area contributed by atoms with Gasteiger partial charge in [0.15, 0.2) is 6.23 Å². The summed E-state index contributed by atoms with van der Waals surface area (Å²) in [5, 5.41) is 8.88. The van der Waals surface area contributed by atoms with Gasteiger partial charge in [-0.2, -0.15) is 0 Å². The normalized spacial score (nSPS) is 22.5. The van der Waals surface area contributed by atoms with Crippen LogP contribution in [0.4, 0.5) is 0 Å². The molecule has 2 heterocycles. The van der Waals surface area contributed by atoms with Gasteiger partial charge < -0.3 is 9.84 Å². The average Bonchev–Trinajstić information content (AvgIpc) is 2.71. The number of rotatable bonds is 2. The number of aliphatic hydroxyl groups is 1. The standard InChI is InChI=1S/C10H12N2O4.K/c1-6-4-12(10(15)11-9(6)14)8-3-2-7(5-13)16-8;/h2-4,7-8,13H,5H2,1H3,(H,11,14,15);/q;+1/t7-,8+;/m0./s1. The third-order valence-corrected chi connectivity index (χ3v) is 2.40. The van der Waals surface area contributed by atoms with Crippen molar-refractivity contribution in [2.75, 3.05) is 6.61 Å². The molecule has 0 unspecified atom stereocenters. The number of aromatic nitrogens is 2. The zero-order chi connectivity index (χ0) is 11.7. The van der Waals surface area contributed by atoms with Gasteiger partial charge in [0.1, 0.15) is 6.10 Å². The van der Waals surface area contributed by atoms with Crippen molar-refractivity contribution in [2.45, 2.75) is 19.3 Å². The summed E-state index contributed by atoms with van der Waals surface area (Å²) in [5.41, 5.74) is -0.491. The molecule has 1 aliphatic rings. The molecule has 1 aliphatic heterocycles. The fraction of sp³-hybridized carbons (Fsp3) is 0.400. The van der Waals surface area contributed by atoms with Gasteiger partial charge in [0.25, 0.3) is 5.56 Å². The van der Waals surface area contributed by atoms with Gasteiger partial charge in [0.05, 0.1) is 6.61 Å². The van der Waals surface area contributed by atoms with Gasteiger partial charge in [0, 0.05) is 11.8 Å². The van der Waals surface area contributed by atoms with Crippen molar-refractivity contribution in [3.8, 4) is 0 Å². The molecule has 0 saturated heterocycles. The summed E-state index contributed by atoms with van der Waals surface area (Å²) in [4.78, 5) is 24.9. The molecule has 0 amide bonds. The SMILES string of the molecule is Cc1cn([C@H]2C=C[C@@H](CO)O2)c(=O)[nH]c1=O.[K+]. The number of nitrogens with one attached hydrogen (secondary N) is 1. The van der Waals surface area contributed by atoms with Crippen molar-refractivity contribution in [3.63, 3.8) is 0 Å². The van der Waals surface area contributed by atoms with Crippen LogP contribution in [0.3, 0.4) is 0 Å². The van der Waals surface area contributed by atoms with Gasteiger partial charge in [-0.25, -0.2) is 4.79 Å². The first-order valence-electron chi connectivity index (χ1n) is 4.88. The van der Waals surface area contributed by atoms with Gasteiger partial charge >= 0.3 is 57.1 Å². The van der Waals surface area contributed by atoms with Gasteiger partial charge in [-0.3, -0.25) is 14.3 Å². The molecule has 0 aliphatic carbocycles. The summed E-state index contributed by atoms with van der Waals surface area (Å²) in [6, 6.07) is 0. The smallest absolute Gasteiger partial charge is 0.393 e. The summed E-state index contributed by atoms with van der Waals surface area (Å²) in [6.07, 6.45) is 3.82. The van der Waals surface area contributed by atoms with Crippen molar-refractivity contribution in [3.05, 3.63) is 44.8 Å². The predicted octanol–water partition coefficient (Wildman–Crippen LogP) is -3.71. The van der Waals surface area contributed by atoms with Crippen molar-refractivity contribution in [1.82, 2.24) is 9.55 Å². The van der Waals surface area contributed by atoms with E-state index in [1.807, 2.05) is 0 Å². The first-order valence-corrected chi connectivity index (χ1v) is 4.88. The van der Waals surface area contributed by atoms with E-state index in [1.54, 1.807) is 19.1 Å². The van der Waals surface area contributed by atoms with E-state index in [2.05, 4.69) is 4.98 Å². The summed E-state index contributed by atoms with van der Waals surface area (Å²) in [5.74, 6) is 0. The molecule has 86 valence electrons. The van der Waals surface area contributed by atoms with E-state index in [1.165, 1.54) is 10.8 Å². The van der Waals surface area contributed by atoms with E-state index in [9.17, 15) is 9.59 Å². The van der Waals surface area contributed by atoms with Crippen LogP contribution in [-0.2, 0) is 4.74 Å². The summed E-state index contributed by atoms with van der Waals surface area (Å²) < 4.78 is 6.63. The van der Waals surface area contributed by atoms with Crippen LogP contribution in [0.25, 0.3) is 0 Å². The molecule has 7 heteroatoms. The zero-order valence-corrected chi connectivity index (χ0v) is 12.8. The number of H-pyrrole nitrogens is 1. The van der Waals surface area contributed by atoms with Crippen LogP contribution < -0.4 is 62.6 Å². The first kappa shape index (κ1) is 15.0. The molecule has 6 nitrogen and oxygen atoms in total. The van der Waals surface area contributed by atoms with Gasteiger partial charge in [-0.15, -0.1) is 0 Å². The monoisotopic (exact) mass is 263 g/mol. The van der Waals surface area contributed by atoms with E-state index >= 15 is 0 Å². The van der Waals surface area contributed by atoms with Gasteiger partial charge in [0.2, 0.25) is 0 Å². The van der Waals surface area contributed by atoms with Crippen LogP contribution in [0.1, 0.15) is 11.8 Å². The average molecular weight is 263 g/mol. The van der Waals surface area contributed by atoms with E-state index < -0.39 is 23.6 Å². The molecule has 2 N–H and O–H groups in total. The molecule has 0 spiro atoms. The van der Waals surface area contributed by atoms with Crippen molar-refractivity contribution in [2.24, 2.45) is 0 Å². The van der Waals surface area contributed by atoms with Crippen LogP contribution in [0, 0.1) is 6.92 Å². The maximum atomic E-state index is 11.5. The molecular formula is C10H12KN2O4+. The molecule has 1 aromatic rings. The number of hydrogen-bond acceptors (Lipinski definition) is 4. The minimum atomic E-state index is -0.569. The van der Waals surface area contributed by atoms with E-state index in [0.29, 0.717) is 5.56 Å². The Labute approximate surface area is 140 Å². The number of nitrogens with zero attached hydrogens (tertiary/aromatic N) is 1. The fourth-order valence-corrected chi connectivity index (χ4v) is 1.53. The Morgan fingerprint density at radius 3 is 2.76 bits per heavy atom. The van der Waals surface area contributed by atoms with E-state index in [-0.39, 0.29) is 58.0 Å². The van der Waals surface area contributed by atoms with Crippen molar-refractivity contribution in [1.29, 1.82) is 0 Å². The van der Waals surface area contributed by atoms with E-state index in [4.69, 9.17) is 9.84 Å². The molecule has 0 radical (unpaired) electrons. The van der Waals surface area contributed by atoms with Crippen LogP contribution >= 0.6 is 0 Å². The molecule has 0 fully saturated rings. The summed E-state index contributed by atoms with van der Waals surface area (Å²) in [6.45, 7) is 1.47. The van der Waals surface area contributed by atoms with Gasteiger partial charge in [-0.05, 0) is 13.0 Å². The number of hydrogen-bond donors (Lipinski definition) is 2. The maximum absolute atomic E-state index is 11.5. The second-order valence-corrected chi connectivity index (χ2v) is 3.61. The Balaban J connectivity index is 0.00000144. The molecule has 0 bridgehead atoms. The molecule has 2 rings (SSSR count). The molecule has 2 atom stereocenters. The number of ether oxygens (including phenoxy) is 1. The van der Waals surface area contributed by atoms with Crippen molar-refractivity contribution >= 4 is 0 Å². The topological polar surface area (TPSA) is 84.3 Å². The Morgan fingerprint density at radius 2 is 2.18 bits per heavy atom. The summed E-state index contributed by atoms with van der Waals surface area (Å²) in [7, 11) is 0. The molecule has 17 heavy (non-hydrogen) atoms. The largest absolute Gasteiger partial charge is 1.00 e. The first-order chi connectivity index (χ1) is 7.61.